The number of fused-ring (bicyclic) bond motifs is 2. The zero-order valence-electron chi connectivity index (χ0n) is 9.18. The van der Waals surface area contributed by atoms with E-state index in [4.69, 9.17) is 5.11 Å². The number of rotatable bonds is 1. The van der Waals surface area contributed by atoms with Gasteiger partial charge < -0.3 is 10.1 Å². The maximum Gasteiger partial charge on any atom is 0.341 e. The van der Waals surface area contributed by atoms with Gasteiger partial charge in [-0.2, -0.15) is 0 Å². The molecule has 0 radical (unpaired) electrons. The Kier molecular flexibility index (Phi) is 2.13. The first-order valence-corrected chi connectivity index (χ1v) is 5.32. The van der Waals surface area contributed by atoms with Crippen molar-refractivity contribution < 1.29 is 9.90 Å². The number of carboxylic acids is 1. The lowest BCUT2D eigenvalue weighted by Crippen LogP contribution is -2.17. The summed E-state index contributed by atoms with van der Waals surface area (Å²) in [6.45, 7) is 0. The summed E-state index contributed by atoms with van der Waals surface area (Å²) in [5.74, 6) is -1.25. The molecule has 1 heterocycles. The van der Waals surface area contributed by atoms with Crippen LogP contribution in [0.25, 0.3) is 22.4 Å². The van der Waals surface area contributed by atoms with Crippen LogP contribution in [-0.4, -0.2) is 21.0 Å². The molecule has 88 valence electrons. The molecule has 5 nitrogen and oxygen atoms in total. The van der Waals surface area contributed by atoms with Gasteiger partial charge in [-0.05, 0) is 24.3 Å². The van der Waals surface area contributed by atoms with Crippen LogP contribution in [0.2, 0.25) is 0 Å². The zero-order chi connectivity index (χ0) is 12.7. The Morgan fingerprint density at radius 2 is 1.94 bits per heavy atom. The van der Waals surface area contributed by atoms with Gasteiger partial charge in [0, 0.05) is 0 Å². The number of H-pyrrole nitrogens is 1. The van der Waals surface area contributed by atoms with E-state index in [2.05, 4.69) is 9.97 Å². The minimum absolute atomic E-state index is 0.258. The summed E-state index contributed by atoms with van der Waals surface area (Å²) < 4.78 is 0. The number of carboxylic acid groups (broad SMARTS) is 1. The Bertz CT molecular complexity index is 792. The minimum Gasteiger partial charge on any atom is -0.477 e. The van der Waals surface area contributed by atoms with Gasteiger partial charge in [0.15, 0.2) is 5.43 Å². The molecule has 5 heteroatoms. The number of nitrogens with zero attached hydrogens (tertiary/aromatic N) is 1. The Balaban J connectivity index is 2.50. The van der Waals surface area contributed by atoms with Gasteiger partial charge in [-0.1, -0.05) is 12.1 Å². The average Bonchev–Trinajstić information content (AvgIpc) is 2.36. The maximum atomic E-state index is 11.6. The van der Waals surface area contributed by atoms with Crippen LogP contribution in [0.5, 0.6) is 0 Å². The number of aromatic carboxylic acids is 1. The maximum absolute atomic E-state index is 11.6. The van der Waals surface area contributed by atoms with Crippen molar-refractivity contribution in [1.29, 1.82) is 0 Å². The van der Waals surface area contributed by atoms with Crippen LogP contribution in [0.1, 0.15) is 10.4 Å². The molecule has 0 unspecified atom stereocenters. The van der Waals surface area contributed by atoms with Gasteiger partial charge in [-0.25, -0.2) is 9.78 Å². The van der Waals surface area contributed by atoms with E-state index in [0.717, 1.165) is 5.52 Å². The van der Waals surface area contributed by atoms with Crippen molar-refractivity contribution in [3.05, 3.63) is 52.2 Å². The fraction of sp³-hybridized carbons (Fsp3) is 0. The summed E-state index contributed by atoms with van der Waals surface area (Å²) >= 11 is 0. The van der Waals surface area contributed by atoms with Gasteiger partial charge in [-0.15, -0.1) is 0 Å². The van der Waals surface area contributed by atoms with E-state index < -0.39 is 11.4 Å². The Morgan fingerprint density at radius 3 is 2.72 bits per heavy atom. The van der Waals surface area contributed by atoms with Crippen LogP contribution in [0.15, 0.2) is 41.2 Å². The van der Waals surface area contributed by atoms with Crippen molar-refractivity contribution in [3.8, 4) is 11.4 Å². The van der Waals surface area contributed by atoms with Crippen molar-refractivity contribution >= 4 is 17.0 Å². The molecule has 0 aromatic heterocycles. The molecule has 0 saturated carbocycles. The van der Waals surface area contributed by atoms with Gasteiger partial charge in [-0.3, -0.25) is 4.79 Å². The summed E-state index contributed by atoms with van der Waals surface area (Å²) in [5.41, 5.74) is 1.34. The number of hydrogen-bond acceptors (Lipinski definition) is 3. The van der Waals surface area contributed by atoms with E-state index in [1.54, 1.807) is 6.07 Å². The van der Waals surface area contributed by atoms with Gasteiger partial charge in [0.25, 0.3) is 0 Å². The lowest BCUT2D eigenvalue weighted by molar-refractivity contribution is 0.0696. The Labute approximate surface area is 101 Å². The fourth-order valence-corrected chi connectivity index (χ4v) is 1.95. The van der Waals surface area contributed by atoms with E-state index in [9.17, 15) is 9.59 Å². The molecule has 1 aliphatic carbocycles. The van der Waals surface area contributed by atoms with Gasteiger partial charge in [0.05, 0.1) is 22.4 Å². The second-order valence-corrected chi connectivity index (χ2v) is 3.89. The molecule has 0 bridgehead atoms. The van der Waals surface area contributed by atoms with E-state index in [-0.39, 0.29) is 11.3 Å². The van der Waals surface area contributed by atoms with Crippen LogP contribution < -0.4 is 5.43 Å². The normalized spacial score (nSPS) is 10.9. The lowest BCUT2D eigenvalue weighted by atomic mass is 10.1. The average molecular weight is 240 g/mol. The summed E-state index contributed by atoms with van der Waals surface area (Å²) in [4.78, 5) is 30.0. The molecule has 2 aliphatic rings. The molecule has 0 amide bonds. The second kappa shape index (κ2) is 3.66. The van der Waals surface area contributed by atoms with Gasteiger partial charge in [0.1, 0.15) is 5.56 Å². The number of aromatic nitrogens is 2. The second-order valence-electron chi connectivity index (χ2n) is 3.89. The van der Waals surface area contributed by atoms with Gasteiger partial charge >= 0.3 is 5.97 Å². The van der Waals surface area contributed by atoms with Crippen molar-refractivity contribution in [2.24, 2.45) is 0 Å². The summed E-state index contributed by atoms with van der Waals surface area (Å²) in [7, 11) is 0. The minimum atomic E-state index is -1.25. The van der Waals surface area contributed by atoms with Gasteiger partial charge in [0.2, 0.25) is 0 Å². The van der Waals surface area contributed by atoms with Crippen molar-refractivity contribution in [2.45, 2.75) is 0 Å². The number of hydrogen-bond donors (Lipinski definition) is 2. The third-order valence-corrected chi connectivity index (χ3v) is 2.76. The number of carbonyl (C=O) groups is 1. The molecular formula is C13H8N2O3. The highest BCUT2D eigenvalue weighted by molar-refractivity contribution is 5.96. The quantitative estimate of drug-likeness (QED) is 0.634. The van der Waals surface area contributed by atoms with Crippen LogP contribution in [0.4, 0.5) is 0 Å². The molecule has 3 rings (SSSR count). The molecule has 0 spiro atoms. The molecular weight excluding hydrogens is 232 g/mol. The Hall–Kier alpha value is -2.69. The highest BCUT2D eigenvalue weighted by atomic mass is 16.4. The summed E-state index contributed by atoms with van der Waals surface area (Å²) in [6.07, 6.45) is 0. The summed E-state index contributed by atoms with van der Waals surface area (Å²) in [6, 6.07) is 10.00. The highest BCUT2D eigenvalue weighted by Gasteiger charge is 2.19. The van der Waals surface area contributed by atoms with Crippen LogP contribution in [-0.2, 0) is 0 Å². The standard InChI is InChI=1S/C13H8N2O3/c16-10-6-5-9-12(11(10)13(17)18)15-8-4-2-1-3-7(8)14-9/h1-6,15H,(H,17,18). The number of benzene rings is 2. The molecule has 0 atom stereocenters. The molecule has 1 aliphatic heterocycles. The highest BCUT2D eigenvalue weighted by Crippen LogP contribution is 2.22. The predicted octanol–water partition coefficient (Wildman–Crippen LogP) is 1.73. The zero-order valence-corrected chi connectivity index (χ0v) is 9.18. The van der Waals surface area contributed by atoms with Crippen molar-refractivity contribution in [3.63, 3.8) is 0 Å². The van der Waals surface area contributed by atoms with Crippen molar-refractivity contribution in [1.82, 2.24) is 9.97 Å². The van der Waals surface area contributed by atoms with Crippen LogP contribution >= 0.6 is 0 Å². The third kappa shape index (κ3) is 1.45. The van der Waals surface area contributed by atoms with E-state index in [1.807, 2.05) is 18.2 Å². The molecule has 2 N–H and O–H groups in total. The monoisotopic (exact) mass is 240 g/mol. The van der Waals surface area contributed by atoms with Crippen molar-refractivity contribution in [2.75, 3.05) is 0 Å². The molecule has 0 fully saturated rings. The number of para-hydroxylation sites is 2. The van der Waals surface area contributed by atoms with E-state index >= 15 is 0 Å². The molecule has 18 heavy (non-hydrogen) atoms. The van der Waals surface area contributed by atoms with Crippen LogP contribution in [0, 0.1) is 0 Å². The van der Waals surface area contributed by atoms with E-state index in [0.29, 0.717) is 11.2 Å². The number of aromatic amines is 1. The fourth-order valence-electron chi connectivity index (χ4n) is 1.95. The first-order valence-electron chi connectivity index (χ1n) is 5.32. The predicted molar refractivity (Wildman–Crippen MR) is 65.9 cm³/mol. The molecule has 1 aromatic carbocycles. The molecule has 0 saturated heterocycles. The van der Waals surface area contributed by atoms with E-state index in [1.165, 1.54) is 12.1 Å². The topological polar surface area (TPSA) is 83.0 Å². The first-order chi connectivity index (χ1) is 8.66. The lowest BCUT2D eigenvalue weighted by Gasteiger charge is -2.09. The SMILES string of the molecule is O=C(O)c1c2[nH]c3ccccc3nc-2ccc1=O. The first kappa shape index (κ1) is 10.5. The smallest absolute Gasteiger partial charge is 0.341 e. The summed E-state index contributed by atoms with van der Waals surface area (Å²) in [5, 5.41) is 9.09. The largest absolute Gasteiger partial charge is 0.477 e. The Morgan fingerprint density at radius 1 is 1.17 bits per heavy atom. The molecule has 1 aromatic rings. The van der Waals surface area contributed by atoms with Crippen LogP contribution in [0.3, 0.4) is 0 Å². The number of nitrogens with one attached hydrogen (secondary N) is 1. The third-order valence-electron chi connectivity index (χ3n) is 2.76.